The van der Waals surface area contributed by atoms with Gasteiger partial charge in [-0.25, -0.2) is 0 Å². The van der Waals surface area contributed by atoms with Crippen molar-refractivity contribution in [1.82, 2.24) is 0 Å². The molecular weight excluding hydrogens is 750 g/mol. The van der Waals surface area contributed by atoms with Gasteiger partial charge >= 0.3 is 11.9 Å². The molecule has 10 heteroatoms. The van der Waals surface area contributed by atoms with Gasteiger partial charge in [0.15, 0.2) is 6.10 Å². The van der Waals surface area contributed by atoms with Gasteiger partial charge in [0.05, 0.1) is 27.7 Å². The van der Waals surface area contributed by atoms with Gasteiger partial charge in [0.2, 0.25) is 0 Å². The molecule has 0 aliphatic rings. The van der Waals surface area contributed by atoms with Crippen LogP contribution in [0.4, 0.5) is 0 Å². The van der Waals surface area contributed by atoms with E-state index in [1.165, 1.54) is 96.3 Å². The van der Waals surface area contributed by atoms with Gasteiger partial charge in [0.1, 0.15) is 19.8 Å². The lowest BCUT2D eigenvalue weighted by Gasteiger charge is -2.28. The number of phosphoric acid groups is 1. The first-order valence-corrected chi connectivity index (χ1v) is 24.5. The molecule has 0 N–H and O–H groups in total. The normalized spacial score (nSPS) is 14.1. The number of hydrogen-bond donors (Lipinski definition) is 0. The van der Waals surface area contributed by atoms with Crippen LogP contribution in [0.2, 0.25) is 0 Å². The van der Waals surface area contributed by atoms with E-state index in [9.17, 15) is 19.0 Å². The average Bonchev–Trinajstić information content (AvgIpc) is 3.17. The molecule has 0 aliphatic heterocycles. The van der Waals surface area contributed by atoms with Gasteiger partial charge in [0.25, 0.3) is 7.82 Å². The van der Waals surface area contributed by atoms with Gasteiger partial charge in [0, 0.05) is 12.8 Å². The fourth-order valence-corrected chi connectivity index (χ4v) is 6.60. The molecule has 0 fully saturated rings. The maximum Gasteiger partial charge on any atom is 0.306 e. The summed E-state index contributed by atoms with van der Waals surface area (Å²) >= 11 is 0. The molecule has 0 spiro atoms. The largest absolute Gasteiger partial charge is 0.756 e. The number of esters is 2. The number of rotatable bonds is 41. The molecule has 0 bridgehead atoms. The highest BCUT2D eigenvalue weighted by Gasteiger charge is 2.21. The molecule has 0 heterocycles. The van der Waals surface area contributed by atoms with E-state index in [0.29, 0.717) is 23.9 Å². The molecule has 1 unspecified atom stereocenters. The molecule has 58 heavy (non-hydrogen) atoms. The molecular formula is C48H86NO8P. The van der Waals surface area contributed by atoms with Crippen molar-refractivity contribution in [1.29, 1.82) is 0 Å². The van der Waals surface area contributed by atoms with Crippen LogP contribution in [-0.2, 0) is 32.7 Å². The van der Waals surface area contributed by atoms with Crippen molar-refractivity contribution in [2.45, 2.75) is 187 Å². The standard InChI is InChI=1S/C48H86NO8P/c1-6-8-10-12-14-16-18-20-22-24-26-28-30-32-34-36-38-40-47(50)54-44-46(45-56-58(52,53)55-43-42-49(3,4)5)57-48(51)41-39-37-35-33-31-29-27-25-23-21-19-17-15-13-11-9-7-2/h15-18,21,23,27,29,33,35,46H,6-14,19-20,22,24-26,28,30-32,34,36-45H2,1-5H3/b17-15+,18-16+,23-21+,29-27+,35-33+/t46-/m1/s1. The molecule has 0 amide bonds. The summed E-state index contributed by atoms with van der Waals surface area (Å²) in [4.78, 5) is 37.6. The summed E-state index contributed by atoms with van der Waals surface area (Å²) in [6.45, 7) is 4.12. The number of phosphoric ester groups is 1. The van der Waals surface area contributed by atoms with Crippen LogP contribution in [0.15, 0.2) is 60.8 Å². The summed E-state index contributed by atoms with van der Waals surface area (Å²) in [5, 5.41) is 0. The SMILES string of the molecule is CCCCC/C=C/C/C=C/C/C=C/C/C=C/CCCC(=O)O[C@H](COC(=O)CCCCCCCCCCC/C=C/CCCCCC)COP(=O)([O-])OCC[N+](C)(C)C. The van der Waals surface area contributed by atoms with E-state index in [2.05, 4.69) is 68.5 Å². The Labute approximate surface area is 356 Å². The van der Waals surface area contributed by atoms with Crippen molar-refractivity contribution in [3.8, 4) is 0 Å². The molecule has 0 aromatic carbocycles. The predicted molar refractivity (Wildman–Crippen MR) is 240 cm³/mol. The van der Waals surface area contributed by atoms with Crippen LogP contribution in [-0.4, -0.2) is 70.0 Å². The van der Waals surface area contributed by atoms with E-state index in [1.54, 1.807) is 0 Å². The van der Waals surface area contributed by atoms with E-state index in [4.69, 9.17) is 18.5 Å². The molecule has 336 valence electrons. The highest BCUT2D eigenvalue weighted by molar-refractivity contribution is 7.45. The quantitative estimate of drug-likeness (QED) is 0.0197. The van der Waals surface area contributed by atoms with Crippen molar-refractivity contribution in [3.63, 3.8) is 0 Å². The van der Waals surface area contributed by atoms with Crippen LogP contribution >= 0.6 is 7.82 Å². The predicted octanol–water partition coefficient (Wildman–Crippen LogP) is 12.6. The van der Waals surface area contributed by atoms with E-state index in [-0.39, 0.29) is 26.1 Å². The fourth-order valence-electron chi connectivity index (χ4n) is 5.88. The minimum Gasteiger partial charge on any atom is -0.756 e. The number of allylic oxidation sites excluding steroid dienone is 10. The number of unbranched alkanes of at least 4 members (excludes halogenated alkanes) is 17. The van der Waals surface area contributed by atoms with E-state index in [1.807, 2.05) is 27.2 Å². The number of carbonyl (C=O) groups is 2. The van der Waals surface area contributed by atoms with Gasteiger partial charge in [-0.1, -0.05) is 152 Å². The van der Waals surface area contributed by atoms with Crippen LogP contribution in [0, 0.1) is 0 Å². The first-order valence-electron chi connectivity index (χ1n) is 23.0. The third kappa shape index (κ3) is 43.3. The molecule has 0 saturated heterocycles. The number of quaternary nitrogens is 1. The Kier molecular flexibility index (Phi) is 38.5. The van der Waals surface area contributed by atoms with Crippen molar-refractivity contribution >= 4 is 19.8 Å². The third-order valence-corrected chi connectivity index (χ3v) is 10.5. The smallest absolute Gasteiger partial charge is 0.306 e. The third-order valence-electron chi connectivity index (χ3n) is 9.51. The molecule has 2 atom stereocenters. The van der Waals surface area contributed by atoms with E-state index in [0.717, 1.165) is 44.9 Å². The minimum atomic E-state index is -4.64. The fraction of sp³-hybridized carbons (Fsp3) is 0.750. The first-order chi connectivity index (χ1) is 28.0. The number of nitrogens with zero attached hydrogens (tertiary/aromatic N) is 1. The highest BCUT2D eigenvalue weighted by Crippen LogP contribution is 2.38. The Morgan fingerprint density at radius 3 is 1.48 bits per heavy atom. The van der Waals surface area contributed by atoms with Crippen LogP contribution in [0.5, 0.6) is 0 Å². The van der Waals surface area contributed by atoms with Crippen molar-refractivity contribution in [2.24, 2.45) is 0 Å². The van der Waals surface area contributed by atoms with Gasteiger partial charge in [-0.3, -0.25) is 14.2 Å². The van der Waals surface area contributed by atoms with E-state index >= 15 is 0 Å². The van der Waals surface area contributed by atoms with Crippen LogP contribution in [0.25, 0.3) is 0 Å². The second-order valence-electron chi connectivity index (χ2n) is 16.4. The maximum absolute atomic E-state index is 12.7. The Hall–Kier alpha value is -2.29. The zero-order chi connectivity index (χ0) is 42.8. The van der Waals surface area contributed by atoms with Crippen molar-refractivity contribution in [2.75, 3.05) is 47.5 Å². The molecule has 0 rings (SSSR count). The summed E-state index contributed by atoms with van der Waals surface area (Å²) in [6.07, 6.45) is 48.2. The van der Waals surface area contributed by atoms with E-state index < -0.39 is 32.5 Å². The number of carbonyl (C=O) groups excluding carboxylic acids is 2. The van der Waals surface area contributed by atoms with Crippen LogP contribution in [0.1, 0.15) is 181 Å². The lowest BCUT2D eigenvalue weighted by Crippen LogP contribution is -2.37. The van der Waals surface area contributed by atoms with Crippen LogP contribution in [0.3, 0.4) is 0 Å². The topological polar surface area (TPSA) is 111 Å². The molecule has 0 aromatic rings. The Morgan fingerprint density at radius 1 is 0.534 bits per heavy atom. The van der Waals surface area contributed by atoms with Gasteiger partial charge < -0.3 is 27.9 Å². The van der Waals surface area contributed by atoms with Gasteiger partial charge in [-0.15, -0.1) is 0 Å². The molecule has 9 nitrogen and oxygen atoms in total. The zero-order valence-corrected chi connectivity index (χ0v) is 38.6. The molecule has 0 aliphatic carbocycles. The summed E-state index contributed by atoms with van der Waals surface area (Å²) in [7, 11) is 1.12. The number of likely N-dealkylation sites (N-methyl/N-ethyl adjacent to an activating group) is 1. The van der Waals surface area contributed by atoms with Crippen molar-refractivity contribution in [3.05, 3.63) is 60.8 Å². The highest BCUT2D eigenvalue weighted by atomic mass is 31.2. The Balaban J connectivity index is 4.43. The summed E-state index contributed by atoms with van der Waals surface area (Å²) in [6, 6.07) is 0. The zero-order valence-electron chi connectivity index (χ0n) is 37.7. The molecule has 0 radical (unpaired) electrons. The average molecular weight is 836 g/mol. The second kappa shape index (κ2) is 40.1. The summed E-state index contributed by atoms with van der Waals surface area (Å²) in [5.74, 6) is -0.904. The molecule has 0 aromatic heterocycles. The van der Waals surface area contributed by atoms with Crippen LogP contribution < -0.4 is 4.89 Å². The van der Waals surface area contributed by atoms with Gasteiger partial charge in [-0.05, 0) is 77.0 Å². The lowest BCUT2D eigenvalue weighted by atomic mass is 10.1. The monoisotopic (exact) mass is 836 g/mol. The lowest BCUT2D eigenvalue weighted by molar-refractivity contribution is -0.870. The Morgan fingerprint density at radius 2 is 0.948 bits per heavy atom. The second-order valence-corrected chi connectivity index (χ2v) is 17.8. The number of ether oxygens (including phenoxy) is 2. The Bertz CT molecular complexity index is 1170. The maximum atomic E-state index is 12.7. The first kappa shape index (κ1) is 55.7. The summed E-state index contributed by atoms with van der Waals surface area (Å²) in [5.41, 5.74) is 0. The number of hydrogen-bond acceptors (Lipinski definition) is 8. The minimum absolute atomic E-state index is 0.0433. The van der Waals surface area contributed by atoms with Crippen molar-refractivity contribution < 1.29 is 42.1 Å². The van der Waals surface area contributed by atoms with Gasteiger partial charge in [-0.2, -0.15) is 0 Å². The molecule has 0 saturated carbocycles. The summed E-state index contributed by atoms with van der Waals surface area (Å²) < 4.78 is 33.9.